The van der Waals surface area contributed by atoms with Crippen LogP contribution in [0.2, 0.25) is 0 Å². The van der Waals surface area contributed by atoms with Gasteiger partial charge >= 0.3 is 6.09 Å². The van der Waals surface area contributed by atoms with Gasteiger partial charge in [-0.05, 0) is 17.0 Å². The molecule has 29 heavy (non-hydrogen) atoms. The molecule has 0 bridgehead atoms. The lowest BCUT2D eigenvalue weighted by Crippen LogP contribution is -2.50. The maximum atomic E-state index is 12.6. The Bertz CT molecular complexity index is 989. The largest absolute Gasteiger partial charge is 0.445 e. The van der Waals surface area contributed by atoms with E-state index in [9.17, 15) is 14.4 Å². The predicted molar refractivity (Wildman–Crippen MR) is 111 cm³/mol. The minimum Gasteiger partial charge on any atom is -0.445 e. The molecule has 0 saturated carbocycles. The van der Waals surface area contributed by atoms with Crippen LogP contribution in [0.4, 0.5) is 9.80 Å². The van der Waals surface area contributed by atoms with E-state index < -0.39 is 18.2 Å². The Morgan fingerprint density at radius 3 is 2.31 bits per heavy atom. The van der Waals surface area contributed by atoms with Crippen molar-refractivity contribution in [3.8, 4) is 0 Å². The molecule has 1 atom stereocenters. The fraction of sp³-hybridized carbons (Fsp3) is 0.0952. The van der Waals surface area contributed by atoms with Crippen LogP contribution in [0, 0.1) is 0 Å². The zero-order valence-corrected chi connectivity index (χ0v) is 16.1. The molecular weight excluding hydrogens is 390 g/mol. The number of rotatable bonds is 7. The average molecular weight is 409 g/mol. The van der Waals surface area contributed by atoms with Crippen molar-refractivity contribution in [2.24, 2.45) is 5.73 Å². The Morgan fingerprint density at radius 2 is 1.62 bits per heavy atom. The van der Waals surface area contributed by atoms with Gasteiger partial charge in [-0.3, -0.25) is 14.9 Å². The minimum absolute atomic E-state index is 0.0572. The monoisotopic (exact) mass is 409 g/mol. The Hall–Kier alpha value is -3.49. The average Bonchev–Trinajstić information content (AvgIpc) is 3.21. The Balaban J connectivity index is 1.55. The van der Waals surface area contributed by atoms with Gasteiger partial charge in [-0.1, -0.05) is 60.7 Å². The summed E-state index contributed by atoms with van der Waals surface area (Å²) in [6.07, 6.45) is -2.15. The van der Waals surface area contributed by atoms with E-state index in [4.69, 9.17) is 10.5 Å². The third-order valence-corrected chi connectivity index (χ3v) is 4.78. The normalized spacial score (nSPS) is 11.3. The van der Waals surface area contributed by atoms with Crippen LogP contribution >= 0.6 is 11.3 Å². The lowest BCUT2D eigenvalue weighted by molar-refractivity contribution is -0.117. The molecule has 0 aliphatic carbocycles. The maximum absolute atomic E-state index is 12.6. The first-order chi connectivity index (χ1) is 14.0. The van der Waals surface area contributed by atoms with Gasteiger partial charge in [0.15, 0.2) is 11.9 Å². The number of hydrogen-bond acceptors (Lipinski definition) is 6. The van der Waals surface area contributed by atoms with E-state index in [1.165, 1.54) is 11.3 Å². The summed E-state index contributed by atoms with van der Waals surface area (Å²) in [5, 5.41) is 6.90. The molecule has 4 N–H and O–H groups in total. The first-order valence-electron chi connectivity index (χ1n) is 8.75. The zero-order chi connectivity index (χ0) is 20.6. The standard InChI is InChI=1S/C21H19N3O4S/c22-18(23-21(27)28-13-14-7-3-1-4-8-14)19(26)24-20-16(11-12-29-20)17(25)15-9-5-2-6-10-15/h1-12,18H,13,22H2,(H,23,27)(H,24,26). The summed E-state index contributed by atoms with van der Waals surface area (Å²) in [4.78, 5) is 36.8. The molecule has 0 aliphatic rings. The van der Waals surface area contributed by atoms with Gasteiger partial charge < -0.3 is 15.8 Å². The second-order valence-electron chi connectivity index (χ2n) is 6.03. The highest BCUT2D eigenvalue weighted by atomic mass is 32.1. The molecule has 2 aromatic carbocycles. The predicted octanol–water partition coefficient (Wildman–Crippen LogP) is 3.13. The summed E-state index contributed by atoms with van der Waals surface area (Å²) < 4.78 is 5.04. The summed E-state index contributed by atoms with van der Waals surface area (Å²) in [5.41, 5.74) is 7.41. The van der Waals surface area contributed by atoms with Crippen LogP contribution in [0.25, 0.3) is 0 Å². The molecule has 0 radical (unpaired) electrons. The van der Waals surface area contributed by atoms with E-state index in [0.29, 0.717) is 16.1 Å². The van der Waals surface area contributed by atoms with Crippen molar-refractivity contribution >= 4 is 34.1 Å². The number of alkyl carbamates (subject to hydrolysis) is 1. The molecule has 0 saturated heterocycles. The number of carbonyl (C=O) groups is 3. The fourth-order valence-electron chi connectivity index (χ4n) is 2.48. The highest BCUT2D eigenvalue weighted by Crippen LogP contribution is 2.25. The van der Waals surface area contributed by atoms with E-state index in [1.807, 2.05) is 36.4 Å². The number of benzene rings is 2. The molecule has 3 rings (SSSR count). The Morgan fingerprint density at radius 1 is 0.966 bits per heavy atom. The summed E-state index contributed by atoms with van der Waals surface area (Å²) >= 11 is 1.19. The van der Waals surface area contributed by atoms with Crippen molar-refractivity contribution in [1.29, 1.82) is 0 Å². The number of amides is 2. The quantitative estimate of drug-likeness (QED) is 0.410. The van der Waals surface area contributed by atoms with E-state index in [2.05, 4.69) is 10.6 Å². The van der Waals surface area contributed by atoms with Crippen LogP contribution in [0.1, 0.15) is 21.5 Å². The molecule has 8 heteroatoms. The van der Waals surface area contributed by atoms with E-state index in [0.717, 1.165) is 5.56 Å². The second-order valence-corrected chi connectivity index (χ2v) is 6.95. The zero-order valence-electron chi connectivity index (χ0n) is 15.3. The SMILES string of the molecule is NC(NC(=O)OCc1ccccc1)C(=O)Nc1sccc1C(=O)c1ccccc1. The van der Waals surface area contributed by atoms with Gasteiger partial charge in [0.2, 0.25) is 0 Å². The van der Waals surface area contributed by atoms with Gasteiger partial charge in [-0.25, -0.2) is 4.79 Å². The molecule has 0 fully saturated rings. The van der Waals surface area contributed by atoms with Gasteiger partial charge in [-0.2, -0.15) is 0 Å². The van der Waals surface area contributed by atoms with Gasteiger partial charge in [-0.15, -0.1) is 11.3 Å². The van der Waals surface area contributed by atoms with Crippen molar-refractivity contribution in [3.05, 3.63) is 88.8 Å². The van der Waals surface area contributed by atoms with Crippen molar-refractivity contribution < 1.29 is 19.1 Å². The number of ether oxygens (including phenoxy) is 1. The maximum Gasteiger partial charge on any atom is 0.409 e. The number of nitrogens with one attached hydrogen (secondary N) is 2. The van der Waals surface area contributed by atoms with Crippen molar-refractivity contribution in [2.75, 3.05) is 5.32 Å². The number of carbonyl (C=O) groups excluding carboxylic acids is 3. The van der Waals surface area contributed by atoms with E-state index in [1.54, 1.807) is 35.7 Å². The summed E-state index contributed by atoms with van der Waals surface area (Å²) in [5.74, 6) is -0.878. The lowest BCUT2D eigenvalue weighted by atomic mass is 10.1. The van der Waals surface area contributed by atoms with Gasteiger partial charge in [0.1, 0.15) is 11.6 Å². The van der Waals surface area contributed by atoms with Crippen LogP contribution in [0.5, 0.6) is 0 Å². The highest BCUT2D eigenvalue weighted by molar-refractivity contribution is 7.14. The second kappa shape index (κ2) is 9.63. The summed E-state index contributed by atoms with van der Waals surface area (Å²) in [6.45, 7) is 0.0572. The van der Waals surface area contributed by atoms with Crippen LogP contribution in [-0.4, -0.2) is 23.9 Å². The van der Waals surface area contributed by atoms with Gasteiger partial charge in [0.05, 0.1) is 5.56 Å². The number of hydrogen-bond donors (Lipinski definition) is 3. The van der Waals surface area contributed by atoms with E-state index in [-0.39, 0.29) is 12.4 Å². The number of nitrogens with two attached hydrogens (primary N) is 1. The molecule has 2 amide bonds. The van der Waals surface area contributed by atoms with Crippen LogP contribution < -0.4 is 16.4 Å². The van der Waals surface area contributed by atoms with Crippen LogP contribution in [0.15, 0.2) is 72.1 Å². The lowest BCUT2D eigenvalue weighted by Gasteiger charge is -2.14. The molecule has 0 spiro atoms. The molecule has 1 aromatic heterocycles. The third-order valence-electron chi connectivity index (χ3n) is 3.95. The Kier molecular flexibility index (Phi) is 6.72. The van der Waals surface area contributed by atoms with Crippen LogP contribution in [-0.2, 0) is 16.1 Å². The topological polar surface area (TPSA) is 111 Å². The van der Waals surface area contributed by atoms with E-state index >= 15 is 0 Å². The summed E-state index contributed by atoms with van der Waals surface area (Å²) in [6, 6.07) is 19.5. The third kappa shape index (κ3) is 5.50. The fourth-order valence-corrected chi connectivity index (χ4v) is 3.26. The highest BCUT2D eigenvalue weighted by Gasteiger charge is 2.21. The van der Waals surface area contributed by atoms with Crippen molar-refractivity contribution in [2.45, 2.75) is 12.8 Å². The molecule has 148 valence electrons. The molecule has 1 unspecified atom stereocenters. The number of thiophene rings is 1. The van der Waals surface area contributed by atoms with Crippen LogP contribution in [0.3, 0.4) is 0 Å². The minimum atomic E-state index is -1.33. The van der Waals surface area contributed by atoms with Gasteiger partial charge in [0.25, 0.3) is 5.91 Å². The van der Waals surface area contributed by atoms with Crippen molar-refractivity contribution in [3.63, 3.8) is 0 Å². The summed E-state index contributed by atoms with van der Waals surface area (Å²) in [7, 11) is 0. The van der Waals surface area contributed by atoms with Crippen molar-refractivity contribution in [1.82, 2.24) is 5.32 Å². The molecule has 0 aliphatic heterocycles. The molecule has 3 aromatic rings. The molecule has 7 nitrogen and oxygen atoms in total. The number of anilines is 1. The smallest absolute Gasteiger partial charge is 0.409 e. The molecule has 1 heterocycles. The van der Waals surface area contributed by atoms with Gasteiger partial charge in [0, 0.05) is 5.56 Å². The number of ketones is 1. The Labute approximate surface area is 171 Å². The first kappa shape index (κ1) is 20.2. The first-order valence-corrected chi connectivity index (χ1v) is 9.63. The molecular formula is C21H19N3O4S.